The molecule has 2 aromatic rings. The second-order valence-electron chi connectivity index (χ2n) is 13.0. The Labute approximate surface area is 285 Å². The summed E-state index contributed by atoms with van der Waals surface area (Å²) in [5, 5.41) is 15.8. The summed E-state index contributed by atoms with van der Waals surface area (Å²) in [7, 11) is 7.35. The Morgan fingerprint density at radius 2 is 1.75 bits per heavy atom. The summed E-state index contributed by atoms with van der Waals surface area (Å²) >= 11 is 0. The summed E-state index contributed by atoms with van der Waals surface area (Å²) in [5.41, 5.74) is 1.26. The molecule has 4 atom stereocenters. The van der Waals surface area contributed by atoms with Crippen molar-refractivity contribution in [2.75, 3.05) is 71.7 Å². The predicted molar refractivity (Wildman–Crippen MR) is 188 cm³/mol. The zero-order valence-electron chi connectivity index (χ0n) is 29.7. The van der Waals surface area contributed by atoms with E-state index in [4.69, 9.17) is 14.2 Å². The number of hydrogen-bond acceptors (Lipinski definition) is 8. The van der Waals surface area contributed by atoms with Crippen molar-refractivity contribution in [3.05, 3.63) is 48.0 Å². The topological polar surface area (TPSA) is 133 Å². The highest BCUT2D eigenvalue weighted by atomic mass is 16.5. The van der Waals surface area contributed by atoms with E-state index in [9.17, 15) is 19.5 Å². The van der Waals surface area contributed by atoms with Gasteiger partial charge in [0.15, 0.2) is 0 Å². The van der Waals surface area contributed by atoms with Crippen LogP contribution in [0, 0.1) is 5.92 Å². The van der Waals surface area contributed by atoms with Gasteiger partial charge in [0.25, 0.3) is 5.91 Å². The van der Waals surface area contributed by atoms with Crippen molar-refractivity contribution in [3.8, 4) is 11.5 Å². The van der Waals surface area contributed by atoms with E-state index < -0.39 is 12.1 Å². The minimum atomic E-state index is -0.515. The van der Waals surface area contributed by atoms with Crippen LogP contribution in [0.15, 0.2) is 42.5 Å². The molecule has 48 heavy (non-hydrogen) atoms. The molecule has 0 aromatic heterocycles. The molecule has 0 fully saturated rings. The van der Waals surface area contributed by atoms with Crippen molar-refractivity contribution in [2.45, 2.75) is 71.1 Å². The number of nitrogens with one attached hydrogen (secondary N) is 2. The maximum Gasteiger partial charge on any atom is 0.323 e. The number of aliphatic hydroxyl groups is 1. The van der Waals surface area contributed by atoms with Crippen molar-refractivity contribution in [2.24, 2.45) is 5.92 Å². The molecule has 0 saturated heterocycles. The van der Waals surface area contributed by atoms with Crippen LogP contribution in [0.3, 0.4) is 0 Å². The fraction of sp³-hybridized carbons (Fsp3) is 0.583. The van der Waals surface area contributed by atoms with Crippen LogP contribution in [0.1, 0.15) is 63.2 Å². The normalized spacial score (nSPS) is 19.8. The highest BCUT2D eigenvalue weighted by Gasteiger charge is 2.31. The number of carbonyl (C=O) groups excluding carboxylic acids is 3. The largest absolute Gasteiger partial charge is 0.497 e. The molecule has 1 aliphatic heterocycles. The Kier molecular flexibility index (Phi) is 15.4. The first-order valence-corrected chi connectivity index (χ1v) is 16.9. The Morgan fingerprint density at radius 1 is 1.06 bits per heavy atom. The first-order chi connectivity index (χ1) is 22.9. The second kappa shape index (κ2) is 19.2. The molecule has 266 valence electrons. The van der Waals surface area contributed by atoms with Gasteiger partial charge >= 0.3 is 6.03 Å². The van der Waals surface area contributed by atoms with Crippen LogP contribution in [-0.4, -0.2) is 117 Å². The summed E-state index contributed by atoms with van der Waals surface area (Å²) in [6.45, 7) is 7.54. The number of anilines is 2. The van der Waals surface area contributed by atoms with Gasteiger partial charge in [-0.2, -0.15) is 0 Å². The third-order valence-electron chi connectivity index (χ3n) is 8.53. The first-order valence-electron chi connectivity index (χ1n) is 16.9. The standard InChI is InChI=1S/C36H55N5O7/c1-25-22-41(26(2)24-42)35(44)31-21-29(38-36(45)37-28-13-16-30(46-7)17-14-28)15-18-32(31)48-27(3)11-8-9-20-47-33(25)23-40(6)34(43)12-10-19-39(4)5/h13-18,21,25-27,33,42H,8-12,19-20,22-24H2,1-7H3,(H2,37,38,45)/t25-,26-,27-,33-/m0/s1. The van der Waals surface area contributed by atoms with Crippen LogP contribution in [0.25, 0.3) is 0 Å². The highest BCUT2D eigenvalue weighted by Crippen LogP contribution is 2.29. The molecule has 3 rings (SSSR count). The van der Waals surface area contributed by atoms with E-state index >= 15 is 0 Å². The SMILES string of the molecule is COc1ccc(NC(=O)Nc2ccc3c(c2)C(=O)N([C@@H](C)CO)C[C@H](C)[C@H](CN(C)C(=O)CCCN(C)C)OCCCC[C@H](C)O3)cc1. The Bertz CT molecular complexity index is 1320. The van der Waals surface area contributed by atoms with Crippen LogP contribution in [0.5, 0.6) is 11.5 Å². The lowest BCUT2D eigenvalue weighted by molar-refractivity contribution is -0.132. The predicted octanol–water partition coefficient (Wildman–Crippen LogP) is 4.93. The van der Waals surface area contributed by atoms with E-state index in [2.05, 4.69) is 15.5 Å². The molecule has 4 amide bonds. The fourth-order valence-corrected chi connectivity index (χ4v) is 5.54. The second-order valence-corrected chi connectivity index (χ2v) is 13.0. The van der Waals surface area contributed by atoms with E-state index in [1.54, 1.807) is 73.3 Å². The molecule has 0 spiro atoms. The molecular weight excluding hydrogens is 614 g/mol. The molecule has 1 aliphatic rings. The van der Waals surface area contributed by atoms with Crippen molar-refractivity contribution >= 4 is 29.2 Å². The highest BCUT2D eigenvalue weighted by molar-refractivity contribution is 6.02. The van der Waals surface area contributed by atoms with Gasteiger partial charge < -0.3 is 44.7 Å². The molecule has 0 unspecified atom stereocenters. The average molecular weight is 670 g/mol. The number of hydrogen-bond donors (Lipinski definition) is 3. The number of methoxy groups -OCH3 is 1. The summed E-state index contributed by atoms with van der Waals surface area (Å²) in [6.07, 6.45) is 3.16. The molecule has 0 bridgehead atoms. The number of fused-ring (bicyclic) bond motifs is 1. The lowest BCUT2D eigenvalue weighted by atomic mass is 10.0. The number of likely N-dealkylation sites (N-methyl/N-ethyl adjacent to an activating group) is 1. The summed E-state index contributed by atoms with van der Waals surface area (Å²) in [4.78, 5) is 45.6. The van der Waals surface area contributed by atoms with Gasteiger partial charge in [-0.15, -0.1) is 0 Å². The monoisotopic (exact) mass is 669 g/mol. The summed E-state index contributed by atoms with van der Waals surface area (Å²) in [6, 6.07) is 11.0. The number of benzene rings is 2. The molecule has 12 nitrogen and oxygen atoms in total. The summed E-state index contributed by atoms with van der Waals surface area (Å²) in [5.74, 6) is 0.630. The van der Waals surface area contributed by atoms with Gasteiger partial charge in [-0.05, 0) is 103 Å². The van der Waals surface area contributed by atoms with E-state index in [-0.39, 0.29) is 48.7 Å². The van der Waals surface area contributed by atoms with Crippen LogP contribution in [0.2, 0.25) is 0 Å². The lowest BCUT2D eigenvalue weighted by Crippen LogP contribution is -2.48. The molecule has 0 radical (unpaired) electrons. The number of amides is 4. The minimum absolute atomic E-state index is 0.0553. The molecule has 0 saturated carbocycles. The smallest absolute Gasteiger partial charge is 0.323 e. The van der Waals surface area contributed by atoms with Gasteiger partial charge in [0.05, 0.1) is 37.5 Å². The van der Waals surface area contributed by atoms with E-state index in [0.29, 0.717) is 42.4 Å². The summed E-state index contributed by atoms with van der Waals surface area (Å²) < 4.78 is 17.8. The van der Waals surface area contributed by atoms with Gasteiger partial charge in [0.2, 0.25) is 5.91 Å². The molecule has 2 aromatic carbocycles. The minimum Gasteiger partial charge on any atom is -0.497 e. The molecule has 3 N–H and O–H groups in total. The zero-order valence-corrected chi connectivity index (χ0v) is 29.7. The number of ether oxygens (including phenoxy) is 3. The Morgan fingerprint density at radius 3 is 2.42 bits per heavy atom. The van der Waals surface area contributed by atoms with Crippen LogP contribution in [0.4, 0.5) is 16.2 Å². The quantitative estimate of drug-likeness (QED) is 0.307. The Balaban J connectivity index is 1.86. The van der Waals surface area contributed by atoms with Gasteiger partial charge in [-0.3, -0.25) is 9.59 Å². The Hall–Kier alpha value is -3.87. The van der Waals surface area contributed by atoms with Crippen molar-refractivity contribution in [3.63, 3.8) is 0 Å². The van der Waals surface area contributed by atoms with Gasteiger partial charge in [-0.25, -0.2) is 4.79 Å². The molecule has 1 heterocycles. The maximum absolute atomic E-state index is 14.3. The van der Waals surface area contributed by atoms with Gasteiger partial charge in [0, 0.05) is 50.5 Å². The van der Waals surface area contributed by atoms with Crippen molar-refractivity contribution in [1.82, 2.24) is 14.7 Å². The average Bonchev–Trinajstić information content (AvgIpc) is 3.06. The molecule has 12 heteroatoms. The number of nitrogens with zero attached hydrogens (tertiary/aromatic N) is 3. The van der Waals surface area contributed by atoms with Crippen molar-refractivity contribution < 1.29 is 33.7 Å². The zero-order chi connectivity index (χ0) is 35.2. The third-order valence-corrected chi connectivity index (χ3v) is 8.53. The first kappa shape index (κ1) is 38.6. The number of urea groups is 1. The van der Waals surface area contributed by atoms with Crippen LogP contribution in [-0.2, 0) is 9.53 Å². The van der Waals surface area contributed by atoms with Crippen LogP contribution < -0.4 is 20.1 Å². The van der Waals surface area contributed by atoms with Crippen LogP contribution >= 0.6 is 0 Å². The maximum atomic E-state index is 14.3. The van der Waals surface area contributed by atoms with Gasteiger partial charge in [0.1, 0.15) is 11.5 Å². The number of carbonyl (C=O) groups is 3. The third kappa shape index (κ3) is 12.0. The van der Waals surface area contributed by atoms with E-state index in [0.717, 1.165) is 32.2 Å². The van der Waals surface area contributed by atoms with Crippen molar-refractivity contribution in [1.29, 1.82) is 0 Å². The lowest BCUT2D eigenvalue weighted by Gasteiger charge is -2.36. The fourth-order valence-electron chi connectivity index (χ4n) is 5.54. The van der Waals surface area contributed by atoms with E-state index in [1.807, 2.05) is 27.9 Å². The van der Waals surface area contributed by atoms with Gasteiger partial charge in [-0.1, -0.05) is 6.92 Å². The molecular formula is C36H55N5O7. The van der Waals surface area contributed by atoms with E-state index in [1.165, 1.54) is 0 Å². The molecule has 0 aliphatic carbocycles. The number of rotatable bonds is 11. The number of aliphatic hydroxyl groups excluding tert-OH is 1.